The third-order valence-electron chi connectivity index (χ3n) is 3.28. The van der Waals surface area contributed by atoms with Crippen molar-refractivity contribution in [3.63, 3.8) is 0 Å². The van der Waals surface area contributed by atoms with E-state index < -0.39 is 67.2 Å². The number of aliphatic hydroxyl groups is 1. The van der Waals surface area contributed by atoms with E-state index in [1.54, 1.807) is 0 Å². The normalized spacial score (nSPS) is 28.0. The number of rotatable bonds is 5. The van der Waals surface area contributed by atoms with Crippen molar-refractivity contribution < 1.29 is 56.4 Å². The summed E-state index contributed by atoms with van der Waals surface area (Å²) in [5.41, 5.74) is 0. The molecule has 0 radical (unpaired) electrons. The number of carbonyl (C=O) groups excluding carboxylic acids is 4. The molecule has 1 rings (SSSR count). The predicted molar refractivity (Wildman–Crippen MR) is 76.6 cm³/mol. The van der Waals surface area contributed by atoms with Gasteiger partial charge in [-0.1, -0.05) is 0 Å². The molecule has 0 aliphatic carbocycles. The van der Waals surface area contributed by atoms with E-state index in [2.05, 4.69) is 0 Å². The van der Waals surface area contributed by atoms with Gasteiger partial charge < -0.3 is 29.4 Å². The fourth-order valence-electron chi connectivity index (χ4n) is 2.31. The van der Waals surface area contributed by atoms with E-state index in [0.29, 0.717) is 0 Å². The number of amides is 1. The molecule has 1 saturated heterocycles. The van der Waals surface area contributed by atoms with E-state index >= 15 is 0 Å². The lowest BCUT2D eigenvalue weighted by Gasteiger charge is -2.43. The third kappa shape index (κ3) is 6.67. The van der Waals surface area contributed by atoms with Crippen LogP contribution in [0.25, 0.3) is 0 Å². The van der Waals surface area contributed by atoms with Gasteiger partial charge >= 0.3 is 30.0 Å². The first-order valence-corrected chi connectivity index (χ1v) is 7.52. The molecule has 0 bridgehead atoms. The Morgan fingerprint density at radius 2 is 1.52 bits per heavy atom. The Kier molecular flexibility index (Phi) is 7.54. The van der Waals surface area contributed by atoms with Crippen LogP contribution in [-0.4, -0.2) is 72.3 Å². The summed E-state index contributed by atoms with van der Waals surface area (Å²) in [5, 5.41) is 11.4. The molecule has 10 nitrogen and oxygen atoms in total. The molecule has 5 atom stereocenters. The fourth-order valence-corrected chi connectivity index (χ4v) is 2.31. The Hall–Kier alpha value is -2.41. The second-order valence-electron chi connectivity index (χ2n) is 5.51. The first-order chi connectivity index (χ1) is 12.3. The van der Waals surface area contributed by atoms with Crippen molar-refractivity contribution in [2.75, 3.05) is 6.61 Å². The number of hydrogen-bond acceptors (Lipinski definition) is 9. The summed E-state index contributed by atoms with van der Waals surface area (Å²) in [6, 6.07) is -1.92. The molecular weight excluding hydrogens is 383 g/mol. The van der Waals surface area contributed by atoms with Crippen molar-refractivity contribution >= 4 is 23.8 Å². The zero-order chi connectivity index (χ0) is 20.9. The molecule has 1 unspecified atom stereocenters. The van der Waals surface area contributed by atoms with Crippen LogP contribution >= 0.6 is 0 Å². The Labute approximate surface area is 150 Å². The average Bonchev–Trinajstić information content (AvgIpc) is 2.49. The zero-order valence-corrected chi connectivity index (χ0v) is 14.4. The molecule has 1 heterocycles. The molecular formula is C14H18F3NO9. The fraction of sp³-hybridized carbons (Fsp3) is 0.714. The van der Waals surface area contributed by atoms with Crippen LogP contribution in [0.3, 0.4) is 0 Å². The summed E-state index contributed by atoms with van der Waals surface area (Å²) in [6.07, 6.45) is -12.1. The summed E-state index contributed by atoms with van der Waals surface area (Å²) in [4.78, 5) is 44.9. The van der Waals surface area contributed by atoms with Crippen LogP contribution in [0.4, 0.5) is 13.2 Å². The van der Waals surface area contributed by atoms with E-state index in [4.69, 9.17) is 18.9 Å². The van der Waals surface area contributed by atoms with Gasteiger partial charge in [-0.25, -0.2) is 0 Å². The molecule has 1 aliphatic rings. The lowest BCUT2D eigenvalue weighted by molar-refractivity contribution is -0.266. The van der Waals surface area contributed by atoms with Crippen molar-refractivity contribution in [3.8, 4) is 0 Å². The molecule has 2 N–H and O–H groups in total. The van der Waals surface area contributed by atoms with Crippen LogP contribution < -0.4 is 5.32 Å². The number of ether oxygens (including phenoxy) is 4. The number of esters is 3. The second-order valence-corrected chi connectivity index (χ2v) is 5.51. The van der Waals surface area contributed by atoms with Crippen molar-refractivity contribution in [1.29, 1.82) is 0 Å². The highest BCUT2D eigenvalue weighted by Crippen LogP contribution is 2.27. The van der Waals surface area contributed by atoms with E-state index in [9.17, 15) is 37.5 Å². The van der Waals surface area contributed by atoms with Gasteiger partial charge in [-0.05, 0) is 0 Å². The monoisotopic (exact) mass is 401 g/mol. The van der Waals surface area contributed by atoms with Gasteiger partial charge in [-0.15, -0.1) is 0 Å². The molecule has 0 saturated carbocycles. The van der Waals surface area contributed by atoms with E-state index in [-0.39, 0.29) is 0 Å². The van der Waals surface area contributed by atoms with Crippen LogP contribution in [0.2, 0.25) is 0 Å². The van der Waals surface area contributed by atoms with Crippen molar-refractivity contribution in [3.05, 3.63) is 0 Å². The van der Waals surface area contributed by atoms with Gasteiger partial charge in [0.1, 0.15) is 18.8 Å². The van der Waals surface area contributed by atoms with Gasteiger partial charge in [0.05, 0.1) is 0 Å². The maximum atomic E-state index is 12.5. The highest BCUT2D eigenvalue weighted by Gasteiger charge is 2.52. The van der Waals surface area contributed by atoms with E-state index in [0.717, 1.165) is 20.8 Å². The van der Waals surface area contributed by atoms with Crippen LogP contribution in [0, 0.1) is 0 Å². The number of nitrogens with one attached hydrogen (secondary N) is 1. The SMILES string of the molecule is CC(=O)OC[C@H]1OC(O)[C@H](NC(=O)C(F)(F)F)[C@@H](OC(C)=O)[C@H]1OC(C)=O. The third-order valence-corrected chi connectivity index (χ3v) is 3.28. The summed E-state index contributed by atoms with van der Waals surface area (Å²) in [5.74, 6) is -5.12. The molecule has 27 heavy (non-hydrogen) atoms. The Morgan fingerprint density at radius 3 is 1.96 bits per heavy atom. The largest absolute Gasteiger partial charge is 0.471 e. The number of aliphatic hydroxyl groups excluding tert-OH is 1. The van der Waals surface area contributed by atoms with Crippen LogP contribution in [-0.2, 0) is 38.1 Å². The lowest BCUT2D eigenvalue weighted by Crippen LogP contribution is -2.67. The van der Waals surface area contributed by atoms with Crippen molar-refractivity contribution in [2.45, 2.75) is 57.6 Å². The van der Waals surface area contributed by atoms with E-state index in [1.807, 2.05) is 0 Å². The zero-order valence-electron chi connectivity index (χ0n) is 14.4. The highest BCUT2D eigenvalue weighted by molar-refractivity contribution is 5.82. The first-order valence-electron chi connectivity index (χ1n) is 7.52. The van der Waals surface area contributed by atoms with Gasteiger partial charge in [-0.3, -0.25) is 19.2 Å². The van der Waals surface area contributed by atoms with Gasteiger partial charge in [-0.2, -0.15) is 13.2 Å². The molecule has 1 fully saturated rings. The Balaban J connectivity index is 3.18. The molecule has 13 heteroatoms. The van der Waals surface area contributed by atoms with Gasteiger partial charge in [0, 0.05) is 20.8 Å². The molecule has 1 amide bonds. The minimum Gasteiger partial charge on any atom is -0.463 e. The van der Waals surface area contributed by atoms with Crippen molar-refractivity contribution in [2.24, 2.45) is 0 Å². The Morgan fingerprint density at radius 1 is 1.00 bits per heavy atom. The molecule has 0 spiro atoms. The summed E-state index contributed by atoms with van der Waals surface area (Å²) in [7, 11) is 0. The number of hydrogen-bond donors (Lipinski definition) is 2. The topological polar surface area (TPSA) is 137 Å². The maximum absolute atomic E-state index is 12.5. The van der Waals surface area contributed by atoms with Crippen LogP contribution in [0.5, 0.6) is 0 Å². The number of halogens is 3. The second kappa shape index (κ2) is 8.99. The van der Waals surface area contributed by atoms with Crippen molar-refractivity contribution in [1.82, 2.24) is 5.32 Å². The molecule has 0 aromatic rings. The maximum Gasteiger partial charge on any atom is 0.471 e. The molecule has 0 aromatic heterocycles. The predicted octanol–water partition coefficient (Wildman–Crippen LogP) is -0.823. The summed E-state index contributed by atoms with van der Waals surface area (Å²) < 4.78 is 57.1. The quantitative estimate of drug-likeness (QED) is 0.447. The Bertz CT molecular complexity index is 595. The van der Waals surface area contributed by atoms with Crippen LogP contribution in [0.15, 0.2) is 0 Å². The standard InChI is InChI=1S/C14H18F3NO9/c1-5(19)24-4-8-10(25-6(2)20)11(26-7(3)21)9(12(22)27-8)18-13(23)14(15,16)17/h8-12,22H,4H2,1-3H3,(H,18,23)/t8-,9-,10+,11-,12?/m1/s1. The lowest BCUT2D eigenvalue weighted by atomic mass is 9.96. The average molecular weight is 401 g/mol. The van der Waals surface area contributed by atoms with Gasteiger partial charge in [0.25, 0.3) is 0 Å². The highest BCUT2D eigenvalue weighted by atomic mass is 19.4. The minimum atomic E-state index is -5.30. The van der Waals surface area contributed by atoms with E-state index in [1.165, 1.54) is 5.32 Å². The summed E-state index contributed by atoms with van der Waals surface area (Å²) in [6.45, 7) is 2.36. The molecule has 0 aromatic carbocycles. The minimum absolute atomic E-state index is 0.567. The number of alkyl halides is 3. The molecule has 1 aliphatic heterocycles. The van der Waals surface area contributed by atoms with Gasteiger partial charge in [0.15, 0.2) is 18.5 Å². The van der Waals surface area contributed by atoms with Gasteiger partial charge in [0.2, 0.25) is 0 Å². The van der Waals surface area contributed by atoms with Crippen LogP contribution in [0.1, 0.15) is 20.8 Å². The molecule has 154 valence electrons. The smallest absolute Gasteiger partial charge is 0.463 e. The summed E-state index contributed by atoms with van der Waals surface area (Å²) >= 11 is 0. The first kappa shape index (κ1) is 22.6. The number of carbonyl (C=O) groups is 4.